The molecule has 466 valence electrons. The number of carbonyl (C=O) groups is 4. The molecule has 0 aromatic heterocycles. The Bertz CT molecular complexity index is 2000. The summed E-state index contributed by atoms with van der Waals surface area (Å²) in [4.78, 5) is 51.3. The Labute approximate surface area is 502 Å². The maximum Gasteiger partial charge on any atom is 0.335 e. The van der Waals surface area contributed by atoms with Crippen molar-refractivity contribution in [3.8, 4) is 0 Å². The van der Waals surface area contributed by atoms with Crippen molar-refractivity contribution in [3.05, 3.63) is 146 Å². The second-order valence-electron chi connectivity index (χ2n) is 20.9. The molecule has 0 aromatic rings. The van der Waals surface area contributed by atoms with Crippen LogP contribution >= 0.6 is 0 Å². The fraction of sp³-hybridized carbons (Fsp3) is 0.606. The molecule has 6 unspecified atom stereocenters. The van der Waals surface area contributed by atoms with Gasteiger partial charge in [-0.15, -0.1) is 0 Å². The molecule has 0 bridgehead atoms. The zero-order chi connectivity index (χ0) is 60.3. The summed E-state index contributed by atoms with van der Waals surface area (Å²) in [6.45, 7) is 5.68. The highest BCUT2D eigenvalue weighted by molar-refractivity contribution is 5.74. The molecular weight excluding hydrogens is 1040 g/mol. The van der Waals surface area contributed by atoms with Crippen molar-refractivity contribution in [1.29, 1.82) is 0 Å². The largest absolute Gasteiger partial charge is 0.479 e. The quantitative estimate of drug-likeness (QED) is 0.0228. The number of ether oxygens (including phenoxy) is 5. The number of carboxylic acid groups (broad SMARTS) is 1. The Hall–Kier alpha value is -5.40. The molecule has 1 aliphatic heterocycles. The molecule has 0 aliphatic carbocycles. The third-order valence-corrected chi connectivity index (χ3v) is 13.4. The topological polar surface area (TPSA) is 175 Å². The number of allylic oxidation sites excluding steroid dienone is 24. The Kier molecular flexibility index (Phi) is 52.0. The lowest BCUT2D eigenvalue weighted by Crippen LogP contribution is -2.61. The van der Waals surface area contributed by atoms with Gasteiger partial charge in [-0.2, -0.15) is 0 Å². The fourth-order valence-electron chi connectivity index (χ4n) is 8.59. The van der Waals surface area contributed by atoms with E-state index in [9.17, 15) is 34.5 Å². The average Bonchev–Trinajstić information content (AvgIpc) is 3.60. The van der Waals surface area contributed by atoms with E-state index in [-0.39, 0.29) is 25.9 Å². The van der Waals surface area contributed by atoms with Crippen LogP contribution in [0.15, 0.2) is 146 Å². The Balaban J connectivity index is 2.74. The van der Waals surface area contributed by atoms with Crippen molar-refractivity contribution in [2.24, 2.45) is 0 Å². The Morgan fingerprint density at radius 3 is 1.20 bits per heavy atom. The molecule has 0 aromatic carbocycles. The number of aliphatic hydroxyl groups excluding tert-OH is 2. The van der Waals surface area contributed by atoms with Crippen molar-refractivity contribution < 1.29 is 58.2 Å². The van der Waals surface area contributed by atoms with Crippen LogP contribution < -0.4 is 0 Å². The summed E-state index contributed by atoms with van der Waals surface area (Å²) >= 11 is 0. The molecule has 12 nitrogen and oxygen atoms in total. The predicted molar refractivity (Wildman–Crippen MR) is 339 cm³/mol. The van der Waals surface area contributed by atoms with E-state index in [2.05, 4.69) is 148 Å². The number of rotatable bonds is 52. The highest BCUT2D eigenvalue weighted by Gasteiger charge is 2.50. The van der Waals surface area contributed by atoms with E-state index in [1.165, 1.54) is 25.7 Å². The molecule has 0 radical (unpaired) electrons. The summed E-state index contributed by atoms with van der Waals surface area (Å²) in [6.07, 6.45) is 69.6. The van der Waals surface area contributed by atoms with Crippen LogP contribution in [-0.2, 0) is 42.9 Å². The van der Waals surface area contributed by atoms with Gasteiger partial charge in [0.1, 0.15) is 18.8 Å². The van der Waals surface area contributed by atoms with Gasteiger partial charge in [-0.3, -0.25) is 14.4 Å². The number of hydrogen-bond acceptors (Lipinski definition) is 11. The number of unbranched alkanes of at least 4 members (excludes halogenated alkanes) is 14. The molecule has 6 atom stereocenters. The van der Waals surface area contributed by atoms with Gasteiger partial charge in [-0.1, -0.05) is 224 Å². The monoisotopic (exact) mass is 1150 g/mol. The summed E-state index contributed by atoms with van der Waals surface area (Å²) in [7, 11) is 0. The van der Waals surface area contributed by atoms with Gasteiger partial charge < -0.3 is 39.0 Å². The first kappa shape index (κ1) is 75.6. The number of aliphatic hydroxyl groups is 2. The summed E-state index contributed by atoms with van der Waals surface area (Å²) < 4.78 is 28.4. The van der Waals surface area contributed by atoms with Crippen LogP contribution in [0.1, 0.15) is 226 Å². The van der Waals surface area contributed by atoms with Gasteiger partial charge in [0.2, 0.25) is 0 Å². The van der Waals surface area contributed by atoms with Crippen molar-refractivity contribution in [3.63, 3.8) is 0 Å². The Morgan fingerprint density at radius 2 is 0.783 bits per heavy atom. The van der Waals surface area contributed by atoms with Crippen LogP contribution in [0.5, 0.6) is 0 Å². The summed E-state index contributed by atoms with van der Waals surface area (Å²) in [6, 6.07) is 0. The van der Waals surface area contributed by atoms with Gasteiger partial charge in [0.15, 0.2) is 24.6 Å². The first-order valence-corrected chi connectivity index (χ1v) is 31.8. The zero-order valence-corrected chi connectivity index (χ0v) is 51.4. The van der Waals surface area contributed by atoms with Gasteiger partial charge >= 0.3 is 23.9 Å². The minimum absolute atomic E-state index is 0.0763. The van der Waals surface area contributed by atoms with Crippen LogP contribution in [0.4, 0.5) is 0 Å². The highest BCUT2D eigenvalue weighted by atomic mass is 16.7. The number of esters is 3. The van der Waals surface area contributed by atoms with Crippen molar-refractivity contribution in [2.75, 3.05) is 13.2 Å². The third-order valence-electron chi connectivity index (χ3n) is 13.4. The van der Waals surface area contributed by atoms with E-state index in [1.54, 1.807) is 0 Å². The van der Waals surface area contributed by atoms with Crippen LogP contribution in [0.25, 0.3) is 0 Å². The van der Waals surface area contributed by atoms with Gasteiger partial charge in [0, 0.05) is 19.3 Å². The average molecular weight is 1160 g/mol. The molecule has 83 heavy (non-hydrogen) atoms. The summed E-state index contributed by atoms with van der Waals surface area (Å²) in [5, 5.41) is 31.6. The Morgan fingerprint density at radius 1 is 0.410 bits per heavy atom. The van der Waals surface area contributed by atoms with Gasteiger partial charge in [0.25, 0.3) is 0 Å². The van der Waals surface area contributed by atoms with Crippen LogP contribution in [0.3, 0.4) is 0 Å². The standard InChI is InChI=1S/C71H110O12/c1-4-7-10-13-16-19-22-25-28-30-32-34-37-39-42-45-48-51-54-57-63(72)79-60-62(81-64(73)58-55-52-49-46-43-40-36-27-24-21-18-15-12-9-6-3)61-80-71-69(67(76)66(75)68(83-71)70(77)78)82-65(74)59-56-53-50-47-44-41-38-35-33-31-29-26-23-20-17-14-11-8-5-2/h8-9,11-12,16-21,25-29,32-36,41,44,50,53,62,66-69,71,75-76H,4-7,10,13-15,22-24,30-31,37-40,42-43,45-49,51-52,54-61H2,1-3H3,(H,77,78)/b11-8-,12-9-,19-16-,20-17-,21-18-,28-25-,29-26-,34-32-,35-33-,36-27-,44-41-,53-50-. The number of carbonyl (C=O) groups excluding carboxylic acids is 3. The molecule has 1 rings (SSSR count). The lowest BCUT2D eigenvalue weighted by molar-refractivity contribution is -0.301. The third kappa shape index (κ3) is 46.6. The van der Waals surface area contributed by atoms with Crippen molar-refractivity contribution in [2.45, 2.75) is 263 Å². The number of aliphatic carboxylic acids is 1. The predicted octanol–water partition coefficient (Wildman–Crippen LogP) is 17.1. The minimum atomic E-state index is -1.94. The number of carboxylic acids is 1. The SMILES string of the molecule is CC/C=C\C/C=C\C/C=C\C/C=C\C/C=C\C/C=C\CCC(=O)OC1C(OCC(COC(=O)CCCCCCCC/C=C\C/C=C\C/C=C\CCCCC)OC(=O)CCCCCCC/C=C\C/C=C\C/C=C\CC)OC(C(=O)O)C(O)C1O. The highest BCUT2D eigenvalue weighted by Crippen LogP contribution is 2.26. The first-order chi connectivity index (χ1) is 40.6. The first-order valence-electron chi connectivity index (χ1n) is 31.8. The molecule has 1 saturated heterocycles. The molecule has 1 fully saturated rings. The van der Waals surface area contributed by atoms with Crippen molar-refractivity contribution >= 4 is 23.9 Å². The van der Waals surface area contributed by atoms with E-state index >= 15 is 0 Å². The van der Waals surface area contributed by atoms with E-state index in [4.69, 9.17) is 23.7 Å². The molecule has 0 saturated carbocycles. The lowest BCUT2D eigenvalue weighted by Gasteiger charge is -2.40. The van der Waals surface area contributed by atoms with Gasteiger partial charge in [0.05, 0.1) is 6.61 Å². The maximum absolute atomic E-state index is 13.2. The van der Waals surface area contributed by atoms with E-state index in [0.29, 0.717) is 25.7 Å². The fourth-order valence-corrected chi connectivity index (χ4v) is 8.59. The maximum atomic E-state index is 13.2. The van der Waals surface area contributed by atoms with E-state index < -0.39 is 67.3 Å². The van der Waals surface area contributed by atoms with Gasteiger partial charge in [-0.25, -0.2) is 4.79 Å². The van der Waals surface area contributed by atoms with Crippen molar-refractivity contribution in [1.82, 2.24) is 0 Å². The molecule has 1 heterocycles. The van der Waals surface area contributed by atoms with E-state index in [0.717, 1.165) is 135 Å². The second kappa shape index (κ2) is 57.1. The smallest absolute Gasteiger partial charge is 0.335 e. The van der Waals surface area contributed by atoms with E-state index in [1.807, 2.05) is 18.2 Å². The molecular formula is C71H110O12. The van der Waals surface area contributed by atoms with Crippen LogP contribution in [-0.4, -0.2) is 89.2 Å². The van der Waals surface area contributed by atoms with Crippen LogP contribution in [0.2, 0.25) is 0 Å². The van der Waals surface area contributed by atoms with Crippen LogP contribution in [0, 0.1) is 0 Å². The summed E-state index contributed by atoms with van der Waals surface area (Å²) in [5.74, 6) is -3.29. The normalized spacial score (nSPS) is 18.6. The molecule has 3 N–H and O–H groups in total. The van der Waals surface area contributed by atoms with Gasteiger partial charge in [-0.05, 0) is 128 Å². The lowest BCUT2D eigenvalue weighted by atomic mass is 9.98. The molecule has 1 aliphatic rings. The molecule has 0 spiro atoms. The zero-order valence-electron chi connectivity index (χ0n) is 51.4. The molecule has 12 heteroatoms. The second-order valence-corrected chi connectivity index (χ2v) is 20.9. The minimum Gasteiger partial charge on any atom is -0.479 e. The molecule has 0 amide bonds. The summed E-state index contributed by atoms with van der Waals surface area (Å²) in [5.41, 5.74) is 0. The number of hydrogen-bond donors (Lipinski definition) is 3.